The number of benzene rings is 2. The Labute approximate surface area is 152 Å². The first-order chi connectivity index (χ1) is 12.2. The van der Waals surface area contributed by atoms with Crippen LogP contribution in [-0.2, 0) is 26.0 Å². The van der Waals surface area contributed by atoms with E-state index in [4.69, 9.17) is 0 Å². The molecule has 2 aromatic carbocycles. The molecule has 0 heterocycles. The van der Waals surface area contributed by atoms with Gasteiger partial charge in [-0.2, -0.15) is 4.31 Å². The van der Waals surface area contributed by atoms with Crippen molar-refractivity contribution in [2.24, 2.45) is 5.92 Å². The molecular formula is C18H22N2O5S. The van der Waals surface area contributed by atoms with Gasteiger partial charge in [0.2, 0.25) is 15.9 Å². The second-order valence-corrected chi connectivity index (χ2v) is 8.29. The van der Waals surface area contributed by atoms with E-state index in [0.717, 1.165) is 26.9 Å². The van der Waals surface area contributed by atoms with Crippen LogP contribution in [0, 0.1) is 5.92 Å². The van der Waals surface area contributed by atoms with Crippen LogP contribution in [0.25, 0.3) is 10.8 Å². The van der Waals surface area contributed by atoms with Gasteiger partial charge in [0.15, 0.2) is 0 Å². The highest BCUT2D eigenvalue weighted by molar-refractivity contribution is 7.88. The topological polar surface area (TPSA) is 104 Å². The molecule has 0 saturated carbocycles. The maximum Gasteiger partial charge on any atom is 0.308 e. The second-order valence-electron chi connectivity index (χ2n) is 6.20. The third-order valence-electron chi connectivity index (χ3n) is 4.17. The number of nitrogens with one attached hydrogen (secondary N) is 1. The quantitative estimate of drug-likeness (QED) is 0.716. The van der Waals surface area contributed by atoms with Gasteiger partial charge in [-0.25, -0.2) is 8.42 Å². The highest BCUT2D eigenvalue weighted by Gasteiger charge is 2.21. The molecular weight excluding hydrogens is 356 g/mol. The Morgan fingerprint density at radius 3 is 2.46 bits per heavy atom. The maximum absolute atomic E-state index is 11.9. The van der Waals surface area contributed by atoms with E-state index in [-0.39, 0.29) is 19.5 Å². The van der Waals surface area contributed by atoms with Gasteiger partial charge >= 0.3 is 5.97 Å². The van der Waals surface area contributed by atoms with Gasteiger partial charge < -0.3 is 10.4 Å². The van der Waals surface area contributed by atoms with E-state index in [1.807, 2.05) is 42.5 Å². The highest BCUT2D eigenvalue weighted by atomic mass is 32.2. The number of likely N-dealkylation sites (N-methyl/N-ethyl adjacent to an activating group) is 1. The number of fused-ring (bicyclic) bond motifs is 1. The summed E-state index contributed by atoms with van der Waals surface area (Å²) in [7, 11) is -2.18. The van der Waals surface area contributed by atoms with Gasteiger partial charge in [0.1, 0.15) is 0 Å². The van der Waals surface area contributed by atoms with Crippen LogP contribution in [0.15, 0.2) is 42.5 Å². The molecule has 0 saturated heterocycles. The first-order valence-electron chi connectivity index (χ1n) is 8.06. The summed E-state index contributed by atoms with van der Waals surface area (Å²) in [4.78, 5) is 23.5. The van der Waals surface area contributed by atoms with Crippen molar-refractivity contribution in [2.75, 3.05) is 26.4 Å². The zero-order valence-electron chi connectivity index (χ0n) is 14.7. The molecule has 2 N–H and O–H groups in total. The van der Waals surface area contributed by atoms with E-state index in [0.29, 0.717) is 0 Å². The molecule has 0 aliphatic carbocycles. The normalized spacial score (nSPS) is 12.9. The Morgan fingerprint density at radius 1 is 1.15 bits per heavy atom. The van der Waals surface area contributed by atoms with Crippen LogP contribution in [-0.4, -0.2) is 56.1 Å². The van der Waals surface area contributed by atoms with Gasteiger partial charge in [-0.05, 0) is 22.8 Å². The number of sulfonamides is 1. The number of aliphatic carboxylic acids is 1. The fraction of sp³-hybridized carbons (Fsp3) is 0.333. The Morgan fingerprint density at radius 2 is 1.81 bits per heavy atom. The number of hydrogen-bond acceptors (Lipinski definition) is 4. The summed E-state index contributed by atoms with van der Waals surface area (Å²) in [6.45, 7) is -0.422. The minimum absolute atomic E-state index is 0.0744. The molecule has 2 rings (SSSR count). The minimum atomic E-state index is -3.47. The Balaban J connectivity index is 2.05. The predicted octanol–water partition coefficient (Wildman–Crippen LogP) is 1.09. The van der Waals surface area contributed by atoms with E-state index in [9.17, 15) is 23.1 Å². The van der Waals surface area contributed by atoms with Crippen molar-refractivity contribution in [1.29, 1.82) is 0 Å². The Bertz CT molecular complexity index is 905. The number of carbonyl (C=O) groups excluding carboxylic acids is 1. The molecule has 2 aromatic rings. The smallest absolute Gasteiger partial charge is 0.308 e. The van der Waals surface area contributed by atoms with Crippen LogP contribution in [0.5, 0.6) is 0 Å². The second kappa shape index (κ2) is 8.29. The van der Waals surface area contributed by atoms with Crippen LogP contribution >= 0.6 is 0 Å². The molecule has 1 unspecified atom stereocenters. The lowest BCUT2D eigenvalue weighted by Gasteiger charge is -2.17. The molecule has 0 radical (unpaired) electrons. The van der Waals surface area contributed by atoms with Crippen molar-refractivity contribution in [3.63, 3.8) is 0 Å². The third kappa shape index (κ3) is 5.27. The number of rotatable bonds is 8. The molecule has 0 aromatic heterocycles. The van der Waals surface area contributed by atoms with E-state index in [1.54, 1.807) is 0 Å². The van der Waals surface area contributed by atoms with Gasteiger partial charge in [-0.15, -0.1) is 0 Å². The van der Waals surface area contributed by atoms with Crippen molar-refractivity contribution in [1.82, 2.24) is 9.62 Å². The molecule has 0 aliphatic rings. The predicted molar refractivity (Wildman–Crippen MR) is 99.3 cm³/mol. The van der Waals surface area contributed by atoms with E-state index in [2.05, 4.69) is 5.32 Å². The van der Waals surface area contributed by atoms with Gasteiger partial charge in [-0.1, -0.05) is 42.5 Å². The molecule has 0 aliphatic heterocycles. The monoisotopic (exact) mass is 378 g/mol. The summed E-state index contributed by atoms with van der Waals surface area (Å²) in [6.07, 6.45) is 1.26. The zero-order valence-corrected chi connectivity index (χ0v) is 15.5. The number of carbonyl (C=O) groups is 2. The molecule has 26 heavy (non-hydrogen) atoms. The first kappa shape index (κ1) is 19.9. The average Bonchev–Trinajstić information content (AvgIpc) is 2.57. The minimum Gasteiger partial charge on any atom is -0.481 e. The zero-order chi connectivity index (χ0) is 19.3. The van der Waals surface area contributed by atoms with Crippen LogP contribution in [0.4, 0.5) is 0 Å². The van der Waals surface area contributed by atoms with Crippen molar-refractivity contribution in [3.8, 4) is 0 Å². The molecule has 1 atom stereocenters. The van der Waals surface area contributed by atoms with Crippen molar-refractivity contribution >= 4 is 32.7 Å². The average molecular weight is 378 g/mol. The number of amides is 1. The lowest BCUT2D eigenvalue weighted by molar-refractivity contribution is -0.141. The summed E-state index contributed by atoms with van der Waals surface area (Å²) >= 11 is 0. The van der Waals surface area contributed by atoms with Gasteiger partial charge in [0.05, 0.1) is 18.7 Å². The van der Waals surface area contributed by atoms with Crippen LogP contribution < -0.4 is 5.32 Å². The number of carboxylic acids is 1. The lowest BCUT2D eigenvalue weighted by atomic mass is 9.95. The number of nitrogens with zero attached hydrogens (tertiary/aromatic N) is 1. The first-order valence-corrected chi connectivity index (χ1v) is 9.90. The van der Waals surface area contributed by atoms with Gasteiger partial charge in [0, 0.05) is 13.6 Å². The fourth-order valence-electron chi connectivity index (χ4n) is 2.60. The molecule has 0 fully saturated rings. The number of hydrogen-bond donors (Lipinski definition) is 2. The maximum atomic E-state index is 11.9. The Hall–Kier alpha value is -2.45. The summed E-state index contributed by atoms with van der Waals surface area (Å²) in [5.41, 5.74) is 0.887. The lowest BCUT2D eigenvalue weighted by Crippen LogP contribution is -2.41. The molecule has 7 nitrogen and oxygen atoms in total. The van der Waals surface area contributed by atoms with E-state index in [1.165, 1.54) is 7.05 Å². The molecule has 8 heteroatoms. The molecule has 0 bridgehead atoms. The van der Waals surface area contributed by atoms with Crippen molar-refractivity contribution in [2.45, 2.75) is 6.42 Å². The van der Waals surface area contributed by atoms with Gasteiger partial charge in [-0.3, -0.25) is 9.59 Å². The van der Waals surface area contributed by atoms with Crippen LogP contribution in [0.1, 0.15) is 5.56 Å². The van der Waals surface area contributed by atoms with Crippen molar-refractivity contribution in [3.05, 3.63) is 48.0 Å². The summed E-state index contributed by atoms with van der Waals surface area (Å²) in [6, 6.07) is 13.4. The molecule has 0 spiro atoms. The van der Waals surface area contributed by atoms with Crippen LogP contribution in [0.2, 0.25) is 0 Å². The third-order valence-corrected chi connectivity index (χ3v) is 5.43. The highest BCUT2D eigenvalue weighted by Crippen LogP contribution is 2.21. The largest absolute Gasteiger partial charge is 0.481 e. The number of carboxylic acid groups (broad SMARTS) is 1. The molecule has 140 valence electrons. The summed E-state index contributed by atoms with van der Waals surface area (Å²) in [5.74, 6) is -2.37. The Kier molecular flexibility index (Phi) is 6.33. The standard InChI is InChI=1S/C18H22N2O5S/c1-20(26(2,24)25)12-17(21)19-11-15(18(22)23)10-14-8-5-7-13-6-3-4-9-16(13)14/h3-9,15H,10-12H2,1-2H3,(H,19,21)(H,22,23). The van der Waals surface area contributed by atoms with Gasteiger partial charge in [0.25, 0.3) is 0 Å². The van der Waals surface area contributed by atoms with E-state index >= 15 is 0 Å². The van der Waals surface area contributed by atoms with Crippen molar-refractivity contribution < 1.29 is 23.1 Å². The summed E-state index contributed by atoms with van der Waals surface area (Å²) < 4.78 is 23.6. The molecule has 1 amide bonds. The van der Waals surface area contributed by atoms with E-state index < -0.39 is 27.8 Å². The van der Waals surface area contributed by atoms with Crippen LogP contribution in [0.3, 0.4) is 0 Å². The summed E-state index contributed by atoms with van der Waals surface area (Å²) in [5, 5.41) is 14.0. The SMILES string of the molecule is CN(CC(=O)NCC(Cc1cccc2ccccc12)C(=O)O)S(C)(=O)=O. The fourth-order valence-corrected chi connectivity index (χ4v) is 2.95.